The largest absolute Gasteiger partial charge is 0.490 e. The Hall–Kier alpha value is -1.74. The van der Waals surface area contributed by atoms with Crippen LogP contribution in [0.25, 0.3) is 10.8 Å². The van der Waals surface area contributed by atoms with Crippen molar-refractivity contribution >= 4 is 28.3 Å². The van der Waals surface area contributed by atoms with Crippen molar-refractivity contribution in [2.45, 2.75) is 20.0 Å². The maximum absolute atomic E-state index is 11.4. The number of nitrogens with two attached hydrogens (primary N) is 1. The molecule has 2 N–H and O–H groups in total. The quantitative estimate of drug-likeness (QED) is 0.923. The van der Waals surface area contributed by atoms with Crippen molar-refractivity contribution in [2.75, 3.05) is 0 Å². The molecule has 4 heteroatoms. The molecule has 0 atom stereocenters. The van der Waals surface area contributed by atoms with Crippen molar-refractivity contribution in [3.63, 3.8) is 0 Å². The first-order chi connectivity index (χ1) is 8.47. The zero-order valence-electron chi connectivity index (χ0n) is 10.2. The van der Waals surface area contributed by atoms with Crippen LogP contribution in [0.2, 0.25) is 5.02 Å². The molecule has 3 nitrogen and oxygen atoms in total. The van der Waals surface area contributed by atoms with Gasteiger partial charge in [0.05, 0.1) is 11.7 Å². The van der Waals surface area contributed by atoms with Crippen molar-refractivity contribution in [1.82, 2.24) is 0 Å². The number of fused-ring (bicyclic) bond motifs is 1. The van der Waals surface area contributed by atoms with Crippen molar-refractivity contribution in [3.8, 4) is 5.75 Å². The summed E-state index contributed by atoms with van der Waals surface area (Å²) in [7, 11) is 0. The third kappa shape index (κ3) is 2.57. The highest BCUT2D eigenvalue weighted by molar-refractivity contribution is 6.31. The number of ether oxygens (including phenoxy) is 1. The van der Waals surface area contributed by atoms with Crippen LogP contribution in [-0.2, 0) is 0 Å². The summed E-state index contributed by atoms with van der Waals surface area (Å²) in [6, 6.07) is 9.00. The van der Waals surface area contributed by atoms with E-state index >= 15 is 0 Å². The van der Waals surface area contributed by atoms with E-state index in [0.717, 1.165) is 10.8 Å². The first-order valence-electron chi connectivity index (χ1n) is 5.67. The van der Waals surface area contributed by atoms with Gasteiger partial charge in [0, 0.05) is 5.02 Å². The predicted octanol–water partition coefficient (Wildman–Crippen LogP) is 3.38. The second kappa shape index (κ2) is 4.86. The highest BCUT2D eigenvalue weighted by atomic mass is 35.5. The van der Waals surface area contributed by atoms with Crippen LogP contribution in [0.4, 0.5) is 0 Å². The van der Waals surface area contributed by atoms with Crippen LogP contribution in [-0.4, -0.2) is 12.0 Å². The number of hydrogen-bond acceptors (Lipinski definition) is 2. The number of hydrogen-bond donors (Lipinski definition) is 1. The lowest BCUT2D eigenvalue weighted by Crippen LogP contribution is -2.15. The fourth-order valence-electron chi connectivity index (χ4n) is 1.79. The zero-order chi connectivity index (χ0) is 13.3. The minimum Gasteiger partial charge on any atom is -0.490 e. The van der Waals surface area contributed by atoms with E-state index in [4.69, 9.17) is 22.1 Å². The molecule has 0 saturated heterocycles. The summed E-state index contributed by atoms with van der Waals surface area (Å²) in [4.78, 5) is 11.4. The summed E-state index contributed by atoms with van der Waals surface area (Å²) in [5, 5.41) is 2.45. The Kier molecular flexibility index (Phi) is 3.43. The van der Waals surface area contributed by atoms with Gasteiger partial charge in [0.1, 0.15) is 5.75 Å². The molecule has 2 rings (SSSR count). The van der Waals surface area contributed by atoms with Gasteiger partial charge in [-0.05, 0) is 48.9 Å². The minimum absolute atomic E-state index is 0.0205. The third-order valence-corrected chi connectivity index (χ3v) is 2.76. The van der Waals surface area contributed by atoms with Crippen molar-refractivity contribution in [3.05, 3.63) is 40.9 Å². The maximum atomic E-state index is 11.4. The molecule has 0 aliphatic heterocycles. The molecule has 94 valence electrons. The zero-order valence-corrected chi connectivity index (χ0v) is 11.0. The topological polar surface area (TPSA) is 52.3 Å². The number of benzene rings is 2. The van der Waals surface area contributed by atoms with Crippen LogP contribution in [0.5, 0.6) is 5.75 Å². The van der Waals surface area contributed by atoms with Gasteiger partial charge in [-0.15, -0.1) is 0 Å². The summed E-state index contributed by atoms with van der Waals surface area (Å²) in [5.74, 6) is -0.000141. The monoisotopic (exact) mass is 263 g/mol. The third-order valence-electron chi connectivity index (χ3n) is 2.53. The van der Waals surface area contributed by atoms with Crippen molar-refractivity contribution in [1.29, 1.82) is 0 Å². The Morgan fingerprint density at radius 2 is 1.94 bits per heavy atom. The average Bonchev–Trinajstić information content (AvgIpc) is 2.27. The highest BCUT2D eigenvalue weighted by Crippen LogP contribution is 2.28. The average molecular weight is 264 g/mol. The van der Waals surface area contributed by atoms with Gasteiger partial charge in [-0.1, -0.05) is 17.7 Å². The van der Waals surface area contributed by atoms with E-state index in [1.54, 1.807) is 18.2 Å². The van der Waals surface area contributed by atoms with Crippen LogP contribution in [0.15, 0.2) is 30.3 Å². The lowest BCUT2D eigenvalue weighted by molar-refractivity contribution is 0.0995. The Labute approximate surface area is 110 Å². The minimum atomic E-state index is -0.507. The molecule has 2 aromatic carbocycles. The van der Waals surface area contributed by atoms with Crippen LogP contribution in [0.3, 0.4) is 0 Å². The van der Waals surface area contributed by atoms with Crippen LogP contribution in [0.1, 0.15) is 24.2 Å². The van der Waals surface area contributed by atoms with Gasteiger partial charge < -0.3 is 10.5 Å². The number of carbonyl (C=O) groups excluding carboxylic acids is 1. The normalized spacial score (nSPS) is 10.9. The van der Waals surface area contributed by atoms with Gasteiger partial charge >= 0.3 is 0 Å². The Morgan fingerprint density at radius 1 is 1.22 bits per heavy atom. The van der Waals surface area contributed by atoms with E-state index in [9.17, 15) is 4.79 Å². The molecule has 0 fully saturated rings. The van der Waals surface area contributed by atoms with Gasteiger partial charge in [0.25, 0.3) is 5.91 Å². The van der Waals surface area contributed by atoms with Gasteiger partial charge in [0.2, 0.25) is 0 Å². The first-order valence-corrected chi connectivity index (χ1v) is 6.05. The molecule has 0 aromatic heterocycles. The maximum Gasteiger partial charge on any atom is 0.252 e. The van der Waals surface area contributed by atoms with E-state index in [1.165, 1.54) is 0 Å². The van der Waals surface area contributed by atoms with E-state index in [2.05, 4.69) is 0 Å². The SMILES string of the molecule is CC(C)Oc1cc2ccc(Cl)cc2cc1C(N)=O. The van der Waals surface area contributed by atoms with E-state index in [1.807, 2.05) is 26.0 Å². The molecular weight excluding hydrogens is 250 g/mol. The van der Waals surface area contributed by atoms with E-state index in [-0.39, 0.29) is 6.10 Å². The number of primary amides is 1. The number of amides is 1. The molecule has 0 bridgehead atoms. The predicted molar refractivity (Wildman–Crippen MR) is 73.2 cm³/mol. The molecule has 18 heavy (non-hydrogen) atoms. The van der Waals surface area contributed by atoms with E-state index in [0.29, 0.717) is 16.3 Å². The molecule has 1 amide bonds. The first kappa shape index (κ1) is 12.7. The molecule has 0 heterocycles. The number of carbonyl (C=O) groups is 1. The summed E-state index contributed by atoms with van der Waals surface area (Å²) in [6.45, 7) is 3.80. The second-order valence-corrected chi connectivity index (χ2v) is 4.81. The Bertz CT molecular complexity index is 608. The Morgan fingerprint density at radius 3 is 2.56 bits per heavy atom. The smallest absolute Gasteiger partial charge is 0.252 e. The molecule has 0 aliphatic carbocycles. The van der Waals surface area contributed by atoms with Crippen LogP contribution >= 0.6 is 11.6 Å². The lowest BCUT2D eigenvalue weighted by Gasteiger charge is -2.14. The number of halogens is 1. The standard InChI is InChI=1S/C14H14ClNO2/c1-8(2)18-13-7-9-3-4-11(15)5-10(9)6-12(13)14(16)17/h3-8H,1-2H3,(H2,16,17). The van der Waals surface area contributed by atoms with Gasteiger partial charge in [-0.3, -0.25) is 4.79 Å². The second-order valence-electron chi connectivity index (χ2n) is 4.37. The molecule has 0 unspecified atom stereocenters. The fourth-order valence-corrected chi connectivity index (χ4v) is 1.97. The van der Waals surface area contributed by atoms with Gasteiger partial charge in [-0.2, -0.15) is 0 Å². The van der Waals surface area contributed by atoms with E-state index < -0.39 is 5.91 Å². The summed E-state index contributed by atoms with van der Waals surface area (Å²) in [6.07, 6.45) is -0.0205. The molecule has 0 aliphatic rings. The van der Waals surface area contributed by atoms with Gasteiger partial charge in [0.15, 0.2) is 0 Å². The van der Waals surface area contributed by atoms with Crippen LogP contribution < -0.4 is 10.5 Å². The highest BCUT2D eigenvalue weighted by Gasteiger charge is 2.12. The lowest BCUT2D eigenvalue weighted by atomic mass is 10.1. The molecule has 0 spiro atoms. The van der Waals surface area contributed by atoms with Crippen LogP contribution in [0, 0.1) is 0 Å². The van der Waals surface area contributed by atoms with Crippen molar-refractivity contribution in [2.24, 2.45) is 5.73 Å². The fraction of sp³-hybridized carbons (Fsp3) is 0.214. The molecule has 0 saturated carbocycles. The number of rotatable bonds is 3. The molecule has 2 aromatic rings. The van der Waals surface area contributed by atoms with Gasteiger partial charge in [-0.25, -0.2) is 0 Å². The molecular formula is C14H14ClNO2. The molecule has 0 radical (unpaired) electrons. The summed E-state index contributed by atoms with van der Waals surface area (Å²) < 4.78 is 5.61. The summed E-state index contributed by atoms with van der Waals surface area (Å²) in [5.41, 5.74) is 5.74. The van der Waals surface area contributed by atoms with Crippen molar-refractivity contribution < 1.29 is 9.53 Å². The Balaban J connectivity index is 2.64. The summed E-state index contributed by atoms with van der Waals surface area (Å²) >= 11 is 5.93.